The van der Waals surface area contributed by atoms with Gasteiger partial charge in [0.1, 0.15) is 5.82 Å². The third kappa shape index (κ3) is 0.967. The van der Waals surface area contributed by atoms with Crippen molar-refractivity contribution in [1.29, 1.82) is 0 Å². The van der Waals surface area contributed by atoms with Crippen molar-refractivity contribution in [2.24, 2.45) is 0 Å². The highest BCUT2D eigenvalue weighted by Crippen LogP contribution is 2.46. The minimum atomic E-state index is 0.288. The fourth-order valence-corrected chi connectivity index (χ4v) is 2.18. The number of fused-ring (bicyclic) bond motifs is 2. The van der Waals surface area contributed by atoms with Gasteiger partial charge in [0.05, 0.1) is 18.8 Å². The first-order valence-corrected chi connectivity index (χ1v) is 4.93. The Kier molecular flexibility index (Phi) is 1.37. The number of aromatic nitrogens is 2. The molecule has 1 aliphatic heterocycles. The van der Waals surface area contributed by atoms with Crippen LogP contribution in [0.15, 0.2) is 12.4 Å². The number of hydrogen-bond donors (Lipinski definition) is 0. The molecule has 1 aromatic heterocycles. The van der Waals surface area contributed by atoms with Crippen LogP contribution in [-0.4, -0.2) is 22.8 Å². The molecule has 1 atom stereocenters. The molecule has 70 valence electrons. The van der Waals surface area contributed by atoms with Crippen LogP contribution in [0.2, 0.25) is 0 Å². The second-order valence-electron chi connectivity index (χ2n) is 4.30. The van der Waals surface area contributed by atoms with Crippen molar-refractivity contribution in [2.45, 2.75) is 31.2 Å². The highest BCUT2D eigenvalue weighted by atomic mass is 16.5. The average Bonchev–Trinajstić information content (AvgIpc) is 2.78. The molecule has 1 aliphatic carbocycles. The Balaban J connectivity index is 2.10. The van der Waals surface area contributed by atoms with E-state index in [1.54, 1.807) is 0 Å². The van der Waals surface area contributed by atoms with E-state index in [9.17, 15) is 0 Å². The van der Waals surface area contributed by atoms with Crippen LogP contribution in [0.5, 0.6) is 0 Å². The highest BCUT2D eigenvalue weighted by Gasteiger charge is 2.47. The SMILES string of the molecule is C[C@H]1COCC2(CC2)n2ccnc21. The summed E-state index contributed by atoms with van der Waals surface area (Å²) in [4.78, 5) is 4.42. The van der Waals surface area contributed by atoms with Crippen molar-refractivity contribution in [3.63, 3.8) is 0 Å². The second kappa shape index (κ2) is 2.35. The summed E-state index contributed by atoms with van der Waals surface area (Å²) >= 11 is 0. The van der Waals surface area contributed by atoms with E-state index < -0.39 is 0 Å². The normalized spacial score (nSPS) is 29.8. The predicted molar refractivity (Wildman–Crippen MR) is 48.7 cm³/mol. The molecule has 3 heteroatoms. The van der Waals surface area contributed by atoms with E-state index in [4.69, 9.17) is 4.74 Å². The van der Waals surface area contributed by atoms with Gasteiger partial charge in [0.2, 0.25) is 0 Å². The fraction of sp³-hybridized carbons (Fsp3) is 0.700. The van der Waals surface area contributed by atoms with Crippen LogP contribution in [0.3, 0.4) is 0 Å². The van der Waals surface area contributed by atoms with E-state index in [1.165, 1.54) is 18.7 Å². The van der Waals surface area contributed by atoms with Crippen molar-refractivity contribution in [3.05, 3.63) is 18.2 Å². The van der Waals surface area contributed by atoms with Crippen LogP contribution in [-0.2, 0) is 10.3 Å². The van der Waals surface area contributed by atoms with E-state index in [0.29, 0.717) is 5.92 Å². The Hall–Kier alpha value is -0.830. The van der Waals surface area contributed by atoms with E-state index in [0.717, 1.165) is 13.2 Å². The Morgan fingerprint density at radius 3 is 3.23 bits per heavy atom. The summed E-state index contributed by atoms with van der Waals surface area (Å²) in [6.45, 7) is 3.87. The van der Waals surface area contributed by atoms with Gasteiger partial charge in [-0.25, -0.2) is 4.98 Å². The number of imidazole rings is 1. The Morgan fingerprint density at radius 2 is 2.46 bits per heavy atom. The Bertz CT molecular complexity index is 327. The van der Waals surface area contributed by atoms with Crippen molar-refractivity contribution in [2.75, 3.05) is 13.2 Å². The first kappa shape index (κ1) is 7.56. The van der Waals surface area contributed by atoms with Gasteiger partial charge in [-0.15, -0.1) is 0 Å². The molecule has 0 amide bonds. The molecular weight excluding hydrogens is 164 g/mol. The van der Waals surface area contributed by atoms with Crippen LogP contribution >= 0.6 is 0 Å². The number of rotatable bonds is 0. The lowest BCUT2D eigenvalue weighted by molar-refractivity contribution is 0.101. The standard InChI is InChI=1S/C10H14N2O/c1-8-6-13-7-10(2-3-10)12-5-4-11-9(8)12/h4-5,8H,2-3,6-7H2,1H3/t8-/m0/s1. The Morgan fingerprint density at radius 1 is 1.62 bits per heavy atom. The molecule has 13 heavy (non-hydrogen) atoms. The first-order chi connectivity index (χ1) is 6.32. The molecule has 2 heterocycles. The van der Waals surface area contributed by atoms with Gasteiger partial charge in [-0.3, -0.25) is 0 Å². The van der Waals surface area contributed by atoms with Gasteiger partial charge in [0.15, 0.2) is 0 Å². The van der Waals surface area contributed by atoms with Gasteiger partial charge in [0, 0.05) is 18.3 Å². The van der Waals surface area contributed by atoms with Crippen molar-refractivity contribution < 1.29 is 4.74 Å². The molecule has 1 fully saturated rings. The monoisotopic (exact) mass is 178 g/mol. The topological polar surface area (TPSA) is 27.1 Å². The third-order valence-corrected chi connectivity index (χ3v) is 3.19. The van der Waals surface area contributed by atoms with Gasteiger partial charge in [0.25, 0.3) is 0 Å². The maximum absolute atomic E-state index is 5.66. The molecule has 0 bridgehead atoms. The highest BCUT2D eigenvalue weighted by molar-refractivity contribution is 5.12. The quantitative estimate of drug-likeness (QED) is 0.602. The van der Waals surface area contributed by atoms with Crippen LogP contribution in [0.1, 0.15) is 31.5 Å². The van der Waals surface area contributed by atoms with E-state index in [-0.39, 0.29) is 5.54 Å². The zero-order chi connectivity index (χ0) is 8.89. The van der Waals surface area contributed by atoms with Gasteiger partial charge in [-0.2, -0.15) is 0 Å². The van der Waals surface area contributed by atoms with Gasteiger partial charge < -0.3 is 9.30 Å². The molecule has 1 aromatic rings. The largest absolute Gasteiger partial charge is 0.378 e. The maximum Gasteiger partial charge on any atom is 0.114 e. The average molecular weight is 178 g/mol. The molecule has 0 unspecified atom stereocenters. The summed E-state index contributed by atoms with van der Waals surface area (Å²) in [5.74, 6) is 1.64. The summed E-state index contributed by atoms with van der Waals surface area (Å²) in [5.41, 5.74) is 0.288. The van der Waals surface area contributed by atoms with Gasteiger partial charge in [-0.1, -0.05) is 6.92 Å². The molecular formula is C10H14N2O. The molecule has 1 spiro atoms. The molecule has 0 aromatic carbocycles. The minimum absolute atomic E-state index is 0.288. The molecule has 3 nitrogen and oxygen atoms in total. The van der Waals surface area contributed by atoms with Gasteiger partial charge >= 0.3 is 0 Å². The van der Waals surface area contributed by atoms with Crippen molar-refractivity contribution in [3.8, 4) is 0 Å². The fourth-order valence-electron chi connectivity index (χ4n) is 2.18. The zero-order valence-electron chi connectivity index (χ0n) is 7.86. The van der Waals surface area contributed by atoms with E-state index in [1.807, 2.05) is 6.20 Å². The summed E-state index contributed by atoms with van der Waals surface area (Å²) < 4.78 is 8.00. The molecule has 1 saturated carbocycles. The van der Waals surface area contributed by atoms with Crippen LogP contribution in [0.25, 0.3) is 0 Å². The Labute approximate surface area is 77.7 Å². The predicted octanol–water partition coefficient (Wildman–Crippen LogP) is 1.51. The van der Waals surface area contributed by atoms with Crippen LogP contribution in [0, 0.1) is 0 Å². The zero-order valence-corrected chi connectivity index (χ0v) is 7.86. The summed E-state index contributed by atoms with van der Waals surface area (Å²) in [5, 5.41) is 0. The van der Waals surface area contributed by atoms with Crippen LogP contribution < -0.4 is 0 Å². The first-order valence-electron chi connectivity index (χ1n) is 4.93. The number of ether oxygens (including phenoxy) is 1. The van der Waals surface area contributed by atoms with E-state index >= 15 is 0 Å². The summed E-state index contributed by atoms with van der Waals surface area (Å²) in [6, 6.07) is 0. The van der Waals surface area contributed by atoms with Crippen LogP contribution in [0.4, 0.5) is 0 Å². The second-order valence-corrected chi connectivity index (χ2v) is 4.30. The molecule has 0 saturated heterocycles. The lowest BCUT2D eigenvalue weighted by Crippen LogP contribution is -2.21. The number of nitrogens with zero attached hydrogens (tertiary/aromatic N) is 2. The molecule has 2 aliphatic rings. The van der Waals surface area contributed by atoms with Crippen molar-refractivity contribution >= 4 is 0 Å². The lowest BCUT2D eigenvalue weighted by Gasteiger charge is -2.15. The molecule has 0 N–H and O–H groups in total. The third-order valence-electron chi connectivity index (χ3n) is 3.19. The lowest BCUT2D eigenvalue weighted by atomic mass is 10.2. The summed E-state index contributed by atoms with van der Waals surface area (Å²) in [6.07, 6.45) is 6.52. The smallest absolute Gasteiger partial charge is 0.114 e. The number of hydrogen-bond acceptors (Lipinski definition) is 2. The van der Waals surface area contributed by atoms with Gasteiger partial charge in [-0.05, 0) is 12.8 Å². The minimum Gasteiger partial charge on any atom is -0.378 e. The molecule has 3 rings (SSSR count). The molecule has 0 radical (unpaired) electrons. The maximum atomic E-state index is 5.66. The summed E-state index contributed by atoms with van der Waals surface area (Å²) in [7, 11) is 0. The van der Waals surface area contributed by atoms with Crippen molar-refractivity contribution in [1.82, 2.24) is 9.55 Å². The van der Waals surface area contributed by atoms with E-state index in [2.05, 4.69) is 22.7 Å².